The van der Waals surface area contributed by atoms with Crippen LogP contribution in [0.1, 0.15) is 10.4 Å². The smallest absolute Gasteiger partial charge is 0.255 e. The van der Waals surface area contributed by atoms with Gasteiger partial charge < -0.3 is 9.72 Å². The van der Waals surface area contributed by atoms with E-state index in [0.29, 0.717) is 11.3 Å². The number of imidazole rings is 1. The van der Waals surface area contributed by atoms with Gasteiger partial charge in [0, 0.05) is 11.8 Å². The van der Waals surface area contributed by atoms with Gasteiger partial charge in [-0.25, -0.2) is 15.0 Å². The first kappa shape index (κ1) is 10.4. The summed E-state index contributed by atoms with van der Waals surface area (Å²) in [6, 6.07) is 3.50. The van der Waals surface area contributed by atoms with Crippen molar-refractivity contribution in [1.29, 1.82) is 0 Å². The molecule has 0 spiro atoms. The van der Waals surface area contributed by atoms with Gasteiger partial charge in [-0.1, -0.05) is 0 Å². The van der Waals surface area contributed by atoms with E-state index in [1.165, 1.54) is 6.33 Å². The van der Waals surface area contributed by atoms with Crippen LogP contribution in [0.25, 0.3) is 5.52 Å². The van der Waals surface area contributed by atoms with Crippen molar-refractivity contribution >= 4 is 17.1 Å². The van der Waals surface area contributed by atoms with Gasteiger partial charge in [0.1, 0.15) is 6.33 Å². The maximum Gasteiger partial charge on any atom is 0.255 e. The summed E-state index contributed by atoms with van der Waals surface area (Å²) in [5.74, 6) is -0.200. The van der Waals surface area contributed by atoms with Crippen LogP contribution < -0.4 is 5.32 Å². The molecule has 0 saturated heterocycles. The van der Waals surface area contributed by atoms with Crippen molar-refractivity contribution in [2.24, 2.45) is 0 Å². The zero-order valence-corrected chi connectivity index (χ0v) is 9.32. The van der Waals surface area contributed by atoms with Crippen LogP contribution in [0.5, 0.6) is 0 Å². The Hall–Kier alpha value is -2.76. The van der Waals surface area contributed by atoms with Crippen LogP contribution in [0.3, 0.4) is 0 Å². The molecule has 3 rings (SSSR count). The van der Waals surface area contributed by atoms with Crippen molar-refractivity contribution in [1.82, 2.24) is 19.4 Å². The molecule has 3 aromatic rings. The third-order valence-electron chi connectivity index (χ3n) is 2.49. The fraction of sp³-hybridized carbons (Fsp3) is 0. The summed E-state index contributed by atoms with van der Waals surface area (Å²) in [5.41, 5.74) is 2.00. The highest BCUT2D eigenvalue weighted by atomic mass is 16.1. The maximum atomic E-state index is 12.0. The normalized spacial score (nSPS) is 10.4. The number of pyridine rings is 1. The molecule has 88 valence electrons. The average Bonchev–Trinajstić information content (AvgIpc) is 2.87. The maximum absolute atomic E-state index is 12.0. The van der Waals surface area contributed by atoms with Gasteiger partial charge in [0.25, 0.3) is 5.91 Å². The largest absolute Gasteiger partial charge is 0.319 e. The second-order valence-corrected chi connectivity index (χ2v) is 3.72. The SMILES string of the molecule is O=C(Nc1cncnc1)c1ccn2cncc2c1. The minimum Gasteiger partial charge on any atom is -0.319 e. The van der Waals surface area contributed by atoms with Crippen molar-refractivity contribution in [2.45, 2.75) is 0 Å². The molecule has 0 radical (unpaired) electrons. The monoisotopic (exact) mass is 239 g/mol. The van der Waals surface area contributed by atoms with E-state index in [4.69, 9.17) is 0 Å². The van der Waals surface area contributed by atoms with Gasteiger partial charge in [-0.05, 0) is 12.1 Å². The van der Waals surface area contributed by atoms with Gasteiger partial charge in [0.05, 0.1) is 36.1 Å². The highest BCUT2D eigenvalue weighted by Gasteiger charge is 2.07. The third kappa shape index (κ3) is 1.91. The fourth-order valence-corrected chi connectivity index (χ4v) is 1.63. The first-order chi connectivity index (χ1) is 8.83. The van der Waals surface area contributed by atoms with E-state index in [2.05, 4.69) is 20.3 Å². The summed E-state index contributed by atoms with van der Waals surface area (Å²) in [4.78, 5) is 23.6. The van der Waals surface area contributed by atoms with E-state index in [-0.39, 0.29) is 5.91 Å². The number of rotatable bonds is 2. The number of hydrogen-bond donors (Lipinski definition) is 1. The minimum absolute atomic E-state index is 0.200. The molecule has 0 unspecified atom stereocenters. The summed E-state index contributed by atoms with van der Waals surface area (Å²) in [6.07, 6.45) is 9.67. The van der Waals surface area contributed by atoms with Crippen LogP contribution in [0.2, 0.25) is 0 Å². The first-order valence-corrected chi connectivity index (χ1v) is 5.31. The zero-order chi connectivity index (χ0) is 12.4. The van der Waals surface area contributed by atoms with Gasteiger partial charge >= 0.3 is 0 Å². The molecule has 3 heterocycles. The van der Waals surface area contributed by atoms with Crippen molar-refractivity contribution in [3.63, 3.8) is 0 Å². The molecule has 0 aliphatic heterocycles. The van der Waals surface area contributed by atoms with E-state index in [1.54, 1.807) is 43.2 Å². The molecule has 0 saturated carbocycles. The molecule has 6 nitrogen and oxygen atoms in total. The summed E-state index contributed by atoms with van der Waals surface area (Å²) in [7, 11) is 0. The number of fused-ring (bicyclic) bond motifs is 1. The third-order valence-corrected chi connectivity index (χ3v) is 2.49. The molecule has 1 N–H and O–H groups in total. The lowest BCUT2D eigenvalue weighted by molar-refractivity contribution is 0.102. The number of anilines is 1. The van der Waals surface area contributed by atoms with Crippen LogP contribution in [-0.4, -0.2) is 25.3 Å². The standard InChI is InChI=1S/C12H9N5O/c18-12(16-10-4-13-7-14-5-10)9-1-2-17-8-15-6-11(17)3-9/h1-8H,(H,16,18). The minimum atomic E-state index is -0.200. The number of carbonyl (C=O) groups is 1. The Morgan fingerprint density at radius 1 is 1.17 bits per heavy atom. The molecule has 0 aliphatic carbocycles. The van der Waals surface area contributed by atoms with Crippen LogP contribution in [0.4, 0.5) is 5.69 Å². The van der Waals surface area contributed by atoms with E-state index in [9.17, 15) is 4.79 Å². The highest BCUT2D eigenvalue weighted by Crippen LogP contribution is 2.09. The Kier molecular flexibility index (Phi) is 2.45. The molecule has 0 aliphatic rings. The molecular formula is C12H9N5O. The fourth-order valence-electron chi connectivity index (χ4n) is 1.63. The Labute approximate surface area is 102 Å². The molecule has 6 heteroatoms. The Morgan fingerprint density at radius 2 is 2.00 bits per heavy atom. The van der Waals surface area contributed by atoms with Gasteiger partial charge in [-0.3, -0.25) is 4.79 Å². The van der Waals surface area contributed by atoms with Crippen molar-refractivity contribution < 1.29 is 4.79 Å². The summed E-state index contributed by atoms with van der Waals surface area (Å²) in [6.45, 7) is 0. The second-order valence-electron chi connectivity index (χ2n) is 3.72. The van der Waals surface area contributed by atoms with Gasteiger partial charge in [-0.15, -0.1) is 0 Å². The number of aromatic nitrogens is 4. The molecule has 0 aromatic carbocycles. The molecule has 3 aromatic heterocycles. The second kappa shape index (κ2) is 4.25. The van der Waals surface area contributed by atoms with Gasteiger partial charge in [0.2, 0.25) is 0 Å². The Balaban J connectivity index is 1.87. The van der Waals surface area contributed by atoms with E-state index >= 15 is 0 Å². The predicted molar refractivity (Wildman–Crippen MR) is 65.2 cm³/mol. The Bertz CT molecular complexity index is 692. The topological polar surface area (TPSA) is 72.2 Å². The highest BCUT2D eigenvalue weighted by molar-refractivity contribution is 6.04. The zero-order valence-electron chi connectivity index (χ0n) is 9.32. The lowest BCUT2D eigenvalue weighted by Crippen LogP contribution is -2.12. The van der Waals surface area contributed by atoms with E-state index < -0.39 is 0 Å². The molecule has 0 bridgehead atoms. The number of nitrogens with one attached hydrogen (secondary N) is 1. The molecular weight excluding hydrogens is 230 g/mol. The number of hydrogen-bond acceptors (Lipinski definition) is 4. The lowest BCUT2D eigenvalue weighted by atomic mass is 10.2. The van der Waals surface area contributed by atoms with E-state index in [1.807, 2.05) is 4.40 Å². The van der Waals surface area contributed by atoms with E-state index in [0.717, 1.165) is 5.52 Å². The van der Waals surface area contributed by atoms with Crippen LogP contribution in [0, 0.1) is 0 Å². The molecule has 1 amide bonds. The quantitative estimate of drug-likeness (QED) is 0.733. The van der Waals surface area contributed by atoms with Gasteiger partial charge in [0.15, 0.2) is 0 Å². The first-order valence-electron chi connectivity index (χ1n) is 5.31. The number of carbonyl (C=O) groups excluding carboxylic acids is 1. The average molecular weight is 239 g/mol. The van der Waals surface area contributed by atoms with Crippen LogP contribution >= 0.6 is 0 Å². The van der Waals surface area contributed by atoms with Crippen molar-refractivity contribution in [3.05, 3.63) is 55.1 Å². The summed E-state index contributed by atoms with van der Waals surface area (Å²) in [5, 5.41) is 2.72. The molecule has 18 heavy (non-hydrogen) atoms. The lowest BCUT2D eigenvalue weighted by Gasteiger charge is -2.04. The van der Waals surface area contributed by atoms with Gasteiger partial charge in [-0.2, -0.15) is 0 Å². The van der Waals surface area contributed by atoms with Crippen LogP contribution in [0.15, 0.2) is 49.6 Å². The molecule has 0 fully saturated rings. The predicted octanol–water partition coefficient (Wildman–Crippen LogP) is 1.38. The van der Waals surface area contributed by atoms with Crippen molar-refractivity contribution in [3.8, 4) is 0 Å². The summed E-state index contributed by atoms with van der Waals surface area (Å²) >= 11 is 0. The Morgan fingerprint density at radius 3 is 2.83 bits per heavy atom. The number of nitrogens with zero attached hydrogens (tertiary/aromatic N) is 4. The van der Waals surface area contributed by atoms with Crippen LogP contribution in [-0.2, 0) is 0 Å². The molecule has 0 atom stereocenters. The summed E-state index contributed by atoms with van der Waals surface area (Å²) < 4.78 is 1.84. The van der Waals surface area contributed by atoms with Crippen molar-refractivity contribution in [2.75, 3.05) is 5.32 Å². The number of amides is 1.